The van der Waals surface area contributed by atoms with E-state index in [9.17, 15) is 4.79 Å². The molecular formula is C35H45N7O2. The highest BCUT2D eigenvalue weighted by Gasteiger charge is 2.37. The Morgan fingerprint density at radius 2 is 1.95 bits per heavy atom. The lowest BCUT2D eigenvalue weighted by atomic mass is 9.73. The molecule has 9 heteroatoms. The summed E-state index contributed by atoms with van der Waals surface area (Å²) in [5.74, 6) is 1.17. The zero-order valence-corrected chi connectivity index (χ0v) is 26.6. The van der Waals surface area contributed by atoms with E-state index in [1.807, 2.05) is 31.3 Å². The molecule has 0 bridgehead atoms. The van der Waals surface area contributed by atoms with Crippen LogP contribution in [0.4, 0.5) is 17.3 Å². The van der Waals surface area contributed by atoms with Gasteiger partial charge < -0.3 is 29.7 Å². The van der Waals surface area contributed by atoms with Crippen molar-refractivity contribution in [3.05, 3.63) is 73.1 Å². The summed E-state index contributed by atoms with van der Waals surface area (Å²) >= 11 is 0. The number of rotatable bonds is 14. The maximum atomic E-state index is 12.5. The fraction of sp³-hybridized carbons (Fsp3) is 0.400. The second-order valence-electron chi connectivity index (χ2n) is 11.9. The van der Waals surface area contributed by atoms with Crippen LogP contribution in [0.1, 0.15) is 44.1 Å². The van der Waals surface area contributed by atoms with Crippen molar-refractivity contribution >= 4 is 34.1 Å². The zero-order chi connectivity index (χ0) is 31.2. The first-order valence-electron chi connectivity index (χ1n) is 15.5. The number of carbonyl (C=O) groups is 1. The molecule has 4 aromatic rings. The molecule has 0 radical (unpaired) electrons. The highest BCUT2D eigenvalue weighted by molar-refractivity contribution is 6.00. The van der Waals surface area contributed by atoms with Crippen molar-refractivity contribution in [2.45, 2.75) is 44.6 Å². The van der Waals surface area contributed by atoms with E-state index in [4.69, 9.17) is 9.72 Å². The monoisotopic (exact) mass is 595 g/mol. The van der Waals surface area contributed by atoms with Crippen molar-refractivity contribution in [1.82, 2.24) is 24.3 Å². The van der Waals surface area contributed by atoms with Crippen LogP contribution >= 0.6 is 0 Å². The highest BCUT2D eigenvalue weighted by Crippen LogP contribution is 2.46. The first-order valence-corrected chi connectivity index (χ1v) is 15.5. The Bertz CT molecular complexity index is 1610. The van der Waals surface area contributed by atoms with E-state index in [1.54, 1.807) is 6.20 Å². The molecule has 0 aliphatic heterocycles. The Labute approximate surface area is 260 Å². The predicted octanol–water partition coefficient (Wildman–Crippen LogP) is 6.42. The number of likely N-dealkylation sites (N-methyl/N-ethyl adjacent to an activating group) is 2. The fourth-order valence-corrected chi connectivity index (χ4v) is 5.87. The quantitative estimate of drug-likeness (QED) is 0.128. The number of anilines is 3. The van der Waals surface area contributed by atoms with E-state index >= 15 is 0 Å². The number of unbranched alkanes of at least 4 members (excludes halogenated alkanes) is 1. The smallest absolute Gasteiger partial charge is 0.247 e. The number of aryl methyl sites for hydroxylation is 1. The molecule has 1 aliphatic rings. The van der Waals surface area contributed by atoms with E-state index in [2.05, 4.69) is 89.0 Å². The third kappa shape index (κ3) is 6.95. The van der Waals surface area contributed by atoms with Gasteiger partial charge in [-0.25, -0.2) is 9.97 Å². The first kappa shape index (κ1) is 31.2. The number of nitrogens with one attached hydrogen (secondary N) is 2. The number of hydrogen-bond donors (Lipinski definition) is 2. The van der Waals surface area contributed by atoms with Crippen molar-refractivity contribution in [3.63, 3.8) is 0 Å². The topological polar surface area (TPSA) is 87.5 Å². The van der Waals surface area contributed by atoms with Crippen LogP contribution in [0.25, 0.3) is 22.2 Å². The van der Waals surface area contributed by atoms with Crippen molar-refractivity contribution in [1.29, 1.82) is 0 Å². The van der Waals surface area contributed by atoms with Crippen LogP contribution in [0.5, 0.6) is 5.75 Å². The van der Waals surface area contributed by atoms with E-state index in [1.165, 1.54) is 6.08 Å². The second kappa shape index (κ2) is 14.1. The summed E-state index contributed by atoms with van der Waals surface area (Å²) in [5.41, 5.74) is 5.63. The van der Waals surface area contributed by atoms with Gasteiger partial charge in [-0.05, 0) is 76.3 Å². The molecule has 1 amide bonds. The van der Waals surface area contributed by atoms with Gasteiger partial charge in [-0.1, -0.05) is 38.1 Å². The van der Waals surface area contributed by atoms with Gasteiger partial charge in [-0.15, -0.1) is 0 Å². The Balaban J connectivity index is 1.53. The molecule has 5 rings (SSSR count). The summed E-state index contributed by atoms with van der Waals surface area (Å²) in [4.78, 5) is 26.7. The Hall–Kier alpha value is -4.21. The number of ether oxygens (including phenoxy) is 1. The summed E-state index contributed by atoms with van der Waals surface area (Å²) in [6, 6.07) is 14.7. The number of fused-ring (bicyclic) bond motifs is 1. The van der Waals surface area contributed by atoms with Gasteiger partial charge in [0.15, 0.2) is 0 Å². The van der Waals surface area contributed by atoms with Crippen LogP contribution in [0, 0.1) is 0 Å². The van der Waals surface area contributed by atoms with Crippen molar-refractivity contribution in [2.24, 2.45) is 7.05 Å². The molecule has 9 nitrogen and oxygen atoms in total. The molecule has 2 aromatic heterocycles. The minimum atomic E-state index is -0.289. The molecule has 1 aliphatic carbocycles. The van der Waals surface area contributed by atoms with Crippen molar-refractivity contribution < 1.29 is 9.53 Å². The van der Waals surface area contributed by atoms with E-state index in [0.717, 1.165) is 72.2 Å². The van der Waals surface area contributed by atoms with Crippen LogP contribution in [0.3, 0.4) is 0 Å². The van der Waals surface area contributed by atoms with E-state index < -0.39 is 0 Å². The lowest BCUT2D eigenvalue weighted by Crippen LogP contribution is -2.46. The summed E-state index contributed by atoms with van der Waals surface area (Å²) in [5, 5.41) is 7.64. The number of carbonyl (C=O) groups excluding carboxylic acids is 1. The van der Waals surface area contributed by atoms with Crippen LogP contribution in [-0.2, 0) is 11.8 Å². The third-order valence-corrected chi connectivity index (χ3v) is 8.53. The molecular weight excluding hydrogens is 550 g/mol. The van der Waals surface area contributed by atoms with Gasteiger partial charge in [0.25, 0.3) is 0 Å². The van der Waals surface area contributed by atoms with Gasteiger partial charge in [0.1, 0.15) is 5.75 Å². The average Bonchev–Trinajstić information content (AvgIpc) is 3.34. The molecule has 44 heavy (non-hydrogen) atoms. The van der Waals surface area contributed by atoms with Gasteiger partial charge >= 0.3 is 0 Å². The zero-order valence-electron chi connectivity index (χ0n) is 26.6. The molecule has 0 spiro atoms. The van der Waals surface area contributed by atoms with Crippen LogP contribution in [0.15, 0.2) is 67.5 Å². The van der Waals surface area contributed by atoms with Crippen LogP contribution in [-0.4, -0.2) is 77.1 Å². The fourth-order valence-electron chi connectivity index (χ4n) is 5.87. The second-order valence-corrected chi connectivity index (χ2v) is 11.9. The number of para-hydroxylation sites is 1. The van der Waals surface area contributed by atoms with Gasteiger partial charge in [0.2, 0.25) is 11.9 Å². The van der Waals surface area contributed by atoms with E-state index in [-0.39, 0.29) is 5.91 Å². The summed E-state index contributed by atoms with van der Waals surface area (Å²) < 4.78 is 8.37. The summed E-state index contributed by atoms with van der Waals surface area (Å²) in [6.07, 6.45) is 9.31. The Morgan fingerprint density at radius 3 is 2.68 bits per heavy atom. The minimum Gasteiger partial charge on any atom is -0.491 e. The molecule has 0 saturated heterocycles. The van der Waals surface area contributed by atoms with Crippen molar-refractivity contribution in [2.75, 3.05) is 51.5 Å². The van der Waals surface area contributed by atoms with Crippen LogP contribution < -0.4 is 15.4 Å². The van der Waals surface area contributed by atoms with E-state index in [0.29, 0.717) is 36.0 Å². The number of nitrogens with zero attached hydrogens (tertiary/aromatic N) is 5. The standard InChI is InChI=1S/C35H45N7O2/c1-7-9-20-44-33-21-26(25-14-15-32(25)41(5)19-18-40(3)4)29(22-30(33)37-34(43)8-2)39-35-36-17-16-28(38-35)27-23-42(6)31-13-11-10-12-24(27)31/h8,10-13,16-17,21-23,25,32H,2,7,9,14-15,18-20H2,1,3-6H3,(H,37,43)(H,36,38,39). The number of benzene rings is 2. The van der Waals surface area contributed by atoms with Gasteiger partial charge in [0, 0.05) is 66.6 Å². The van der Waals surface area contributed by atoms with Crippen molar-refractivity contribution in [3.8, 4) is 17.0 Å². The molecule has 2 unspecified atom stereocenters. The largest absolute Gasteiger partial charge is 0.491 e. The number of amides is 1. The molecule has 2 N–H and O–H groups in total. The van der Waals surface area contributed by atoms with Gasteiger partial charge in [0.05, 0.1) is 18.0 Å². The van der Waals surface area contributed by atoms with Gasteiger partial charge in [-0.3, -0.25) is 4.79 Å². The molecule has 232 valence electrons. The van der Waals surface area contributed by atoms with Crippen LogP contribution in [0.2, 0.25) is 0 Å². The first-order chi connectivity index (χ1) is 21.3. The Morgan fingerprint density at radius 1 is 1.14 bits per heavy atom. The third-order valence-electron chi connectivity index (χ3n) is 8.53. The summed E-state index contributed by atoms with van der Waals surface area (Å²) in [6.45, 7) is 8.34. The predicted molar refractivity (Wildman–Crippen MR) is 180 cm³/mol. The SMILES string of the molecule is C=CC(=O)Nc1cc(Nc2nccc(-c3cn(C)c4ccccc34)n2)c(C2CCC2N(C)CCN(C)C)cc1OCCCC. The maximum absolute atomic E-state index is 12.5. The summed E-state index contributed by atoms with van der Waals surface area (Å²) in [7, 11) is 8.47. The molecule has 2 aromatic carbocycles. The maximum Gasteiger partial charge on any atom is 0.247 e. The molecule has 1 fully saturated rings. The molecule has 2 atom stereocenters. The number of hydrogen-bond acceptors (Lipinski definition) is 7. The minimum absolute atomic E-state index is 0.289. The average molecular weight is 596 g/mol. The highest BCUT2D eigenvalue weighted by atomic mass is 16.5. The lowest BCUT2D eigenvalue weighted by molar-refractivity contribution is -0.111. The number of aromatic nitrogens is 3. The lowest BCUT2D eigenvalue weighted by Gasteiger charge is -2.44. The molecule has 1 saturated carbocycles. The molecule has 2 heterocycles. The normalized spacial score (nSPS) is 16.2. The van der Waals surface area contributed by atoms with Gasteiger partial charge in [-0.2, -0.15) is 0 Å². The Kier molecular flexibility index (Phi) is 9.97.